The molecule has 0 spiro atoms. The van der Waals surface area contributed by atoms with Crippen LogP contribution in [0.25, 0.3) is 0 Å². The summed E-state index contributed by atoms with van der Waals surface area (Å²) in [6, 6.07) is 13.7. The van der Waals surface area contributed by atoms with Gasteiger partial charge >= 0.3 is 0 Å². The Labute approximate surface area is 164 Å². The number of para-hydroxylation sites is 1. The molecule has 2 rings (SSSR count). The third-order valence-electron chi connectivity index (χ3n) is 3.93. The van der Waals surface area contributed by atoms with E-state index in [1.165, 1.54) is 6.92 Å². The normalized spacial score (nSPS) is 10.0. The number of hydrogen-bond donors (Lipinski definition) is 2. The summed E-state index contributed by atoms with van der Waals surface area (Å²) in [6.45, 7) is 5.79. The van der Waals surface area contributed by atoms with Crippen molar-refractivity contribution in [2.75, 3.05) is 18.5 Å². The van der Waals surface area contributed by atoms with Crippen LogP contribution in [-0.2, 0) is 4.79 Å². The summed E-state index contributed by atoms with van der Waals surface area (Å²) in [5, 5.41) is 5.46. The van der Waals surface area contributed by atoms with Crippen LogP contribution in [-0.4, -0.2) is 30.7 Å². The number of ketones is 1. The van der Waals surface area contributed by atoms with Crippen LogP contribution >= 0.6 is 0 Å². The molecule has 0 aliphatic carbocycles. The van der Waals surface area contributed by atoms with Gasteiger partial charge in [-0.05, 0) is 49.7 Å². The lowest BCUT2D eigenvalue weighted by atomic mass is 10.1. The topological polar surface area (TPSA) is 84.5 Å². The zero-order valence-corrected chi connectivity index (χ0v) is 15.9. The van der Waals surface area contributed by atoms with Gasteiger partial charge in [-0.3, -0.25) is 14.4 Å². The molecule has 0 bridgehead atoms. The smallest absolute Gasteiger partial charge is 0.253 e. The van der Waals surface area contributed by atoms with Crippen molar-refractivity contribution in [1.82, 2.24) is 5.32 Å². The van der Waals surface area contributed by atoms with Crippen molar-refractivity contribution in [2.24, 2.45) is 0 Å². The Morgan fingerprint density at radius 3 is 2.46 bits per heavy atom. The molecular formula is C22H24N2O4. The molecule has 2 aromatic rings. The summed E-state index contributed by atoms with van der Waals surface area (Å²) in [4.78, 5) is 35.6. The molecule has 0 unspecified atom stereocenters. The predicted molar refractivity (Wildman–Crippen MR) is 109 cm³/mol. The number of carbonyl (C=O) groups is 3. The van der Waals surface area contributed by atoms with Gasteiger partial charge in [-0.15, -0.1) is 6.58 Å². The second kappa shape index (κ2) is 10.7. The standard InChI is InChI=1S/C22H24N2O4/c1-3-14-23-22(27)19-7-4-5-8-20(19)24-21(26)9-6-15-28-18-12-10-17(11-13-18)16(2)25/h3-5,7-8,10-13H,1,6,9,14-15H2,2H3,(H,23,27)(H,24,26). The number of amides is 2. The fraction of sp³-hybridized carbons (Fsp3) is 0.227. The second-order valence-electron chi connectivity index (χ2n) is 6.13. The highest BCUT2D eigenvalue weighted by Crippen LogP contribution is 2.16. The van der Waals surface area contributed by atoms with Gasteiger partial charge in [-0.2, -0.15) is 0 Å². The number of rotatable bonds is 10. The van der Waals surface area contributed by atoms with Gasteiger partial charge in [0.15, 0.2) is 5.78 Å². The van der Waals surface area contributed by atoms with Gasteiger partial charge < -0.3 is 15.4 Å². The van der Waals surface area contributed by atoms with Crippen LogP contribution in [0.1, 0.15) is 40.5 Å². The molecule has 2 aromatic carbocycles. The largest absolute Gasteiger partial charge is 0.494 e. The summed E-state index contributed by atoms with van der Waals surface area (Å²) in [7, 11) is 0. The van der Waals surface area contributed by atoms with E-state index in [1.807, 2.05) is 0 Å². The van der Waals surface area contributed by atoms with Crippen molar-refractivity contribution >= 4 is 23.3 Å². The number of nitrogens with one attached hydrogen (secondary N) is 2. The van der Waals surface area contributed by atoms with Crippen LogP contribution in [0.2, 0.25) is 0 Å². The van der Waals surface area contributed by atoms with Crippen molar-refractivity contribution < 1.29 is 19.1 Å². The van der Waals surface area contributed by atoms with E-state index in [0.29, 0.717) is 42.1 Å². The summed E-state index contributed by atoms with van der Waals surface area (Å²) >= 11 is 0. The molecule has 6 nitrogen and oxygen atoms in total. The molecule has 28 heavy (non-hydrogen) atoms. The lowest BCUT2D eigenvalue weighted by Gasteiger charge is -2.11. The van der Waals surface area contributed by atoms with E-state index in [2.05, 4.69) is 17.2 Å². The van der Waals surface area contributed by atoms with Crippen molar-refractivity contribution in [1.29, 1.82) is 0 Å². The average Bonchev–Trinajstić information content (AvgIpc) is 2.70. The Kier molecular flexibility index (Phi) is 7.96. The Hall–Kier alpha value is -3.41. The summed E-state index contributed by atoms with van der Waals surface area (Å²) in [5.74, 6) is 0.184. The molecule has 2 amide bonds. The van der Waals surface area contributed by atoms with Crippen molar-refractivity contribution in [3.63, 3.8) is 0 Å². The van der Waals surface area contributed by atoms with E-state index in [9.17, 15) is 14.4 Å². The molecule has 0 saturated heterocycles. The van der Waals surface area contributed by atoms with Gasteiger partial charge in [0.2, 0.25) is 5.91 Å². The highest BCUT2D eigenvalue weighted by Gasteiger charge is 2.12. The van der Waals surface area contributed by atoms with Crippen LogP contribution in [0.3, 0.4) is 0 Å². The van der Waals surface area contributed by atoms with Gasteiger partial charge in [-0.25, -0.2) is 0 Å². The number of ether oxygens (including phenoxy) is 1. The maximum absolute atomic E-state index is 12.2. The van der Waals surface area contributed by atoms with Crippen molar-refractivity contribution in [3.05, 3.63) is 72.3 Å². The maximum Gasteiger partial charge on any atom is 0.253 e. The minimum Gasteiger partial charge on any atom is -0.494 e. The molecule has 0 aliphatic rings. The molecule has 6 heteroatoms. The van der Waals surface area contributed by atoms with E-state index in [0.717, 1.165) is 0 Å². The minimum absolute atomic E-state index is 0.00155. The van der Waals surface area contributed by atoms with Gasteiger partial charge in [0.25, 0.3) is 5.91 Å². The summed E-state index contributed by atoms with van der Waals surface area (Å²) in [6.07, 6.45) is 2.37. The van der Waals surface area contributed by atoms with E-state index < -0.39 is 0 Å². The highest BCUT2D eigenvalue weighted by molar-refractivity contribution is 6.03. The van der Waals surface area contributed by atoms with Gasteiger partial charge in [-0.1, -0.05) is 18.2 Å². The molecule has 0 aliphatic heterocycles. The fourth-order valence-corrected chi connectivity index (χ4v) is 2.47. The first-order valence-electron chi connectivity index (χ1n) is 9.03. The second-order valence-corrected chi connectivity index (χ2v) is 6.13. The molecule has 146 valence electrons. The Morgan fingerprint density at radius 2 is 1.79 bits per heavy atom. The van der Waals surface area contributed by atoms with Crippen LogP contribution in [0.15, 0.2) is 61.2 Å². The lowest BCUT2D eigenvalue weighted by Crippen LogP contribution is -2.25. The summed E-state index contributed by atoms with van der Waals surface area (Å²) < 4.78 is 5.58. The molecule has 0 saturated carbocycles. The van der Waals surface area contributed by atoms with E-state index in [-0.39, 0.29) is 24.0 Å². The number of carbonyl (C=O) groups excluding carboxylic acids is 3. The van der Waals surface area contributed by atoms with Gasteiger partial charge in [0.05, 0.1) is 17.9 Å². The zero-order valence-electron chi connectivity index (χ0n) is 15.9. The first kappa shape index (κ1) is 20.9. The first-order valence-corrected chi connectivity index (χ1v) is 9.03. The van der Waals surface area contributed by atoms with Crippen LogP contribution in [0, 0.1) is 0 Å². The molecule has 2 N–H and O–H groups in total. The Bertz CT molecular complexity index is 844. The number of anilines is 1. The van der Waals surface area contributed by atoms with Crippen LogP contribution in [0.5, 0.6) is 5.75 Å². The highest BCUT2D eigenvalue weighted by atomic mass is 16.5. The molecule has 0 atom stereocenters. The summed E-state index contributed by atoms with van der Waals surface area (Å²) in [5.41, 5.74) is 1.50. The number of Topliss-reactive ketones (excluding diaryl/α,β-unsaturated/α-hetero) is 1. The average molecular weight is 380 g/mol. The van der Waals surface area contributed by atoms with E-state index >= 15 is 0 Å². The number of benzene rings is 2. The maximum atomic E-state index is 12.2. The predicted octanol–water partition coefficient (Wildman–Crippen LogP) is 3.60. The Balaban J connectivity index is 1.80. The third-order valence-corrected chi connectivity index (χ3v) is 3.93. The monoisotopic (exact) mass is 380 g/mol. The quantitative estimate of drug-likeness (QED) is 0.375. The van der Waals surface area contributed by atoms with E-state index in [4.69, 9.17) is 4.74 Å². The van der Waals surface area contributed by atoms with Crippen molar-refractivity contribution in [3.8, 4) is 5.75 Å². The third kappa shape index (κ3) is 6.39. The van der Waals surface area contributed by atoms with Gasteiger partial charge in [0.1, 0.15) is 5.75 Å². The van der Waals surface area contributed by atoms with E-state index in [1.54, 1.807) is 54.6 Å². The first-order chi connectivity index (χ1) is 13.5. The fourth-order valence-electron chi connectivity index (χ4n) is 2.47. The molecule has 0 fully saturated rings. The molecule has 0 heterocycles. The van der Waals surface area contributed by atoms with Crippen molar-refractivity contribution in [2.45, 2.75) is 19.8 Å². The van der Waals surface area contributed by atoms with Crippen LogP contribution in [0.4, 0.5) is 5.69 Å². The van der Waals surface area contributed by atoms with Gasteiger partial charge in [0, 0.05) is 18.5 Å². The van der Waals surface area contributed by atoms with Crippen LogP contribution < -0.4 is 15.4 Å². The molecule has 0 aromatic heterocycles. The zero-order chi connectivity index (χ0) is 20.4. The molecule has 0 radical (unpaired) electrons. The number of hydrogen-bond acceptors (Lipinski definition) is 4. The Morgan fingerprint density at radius 1 is 1.07 bits per heavy atom. The lowest BCUT2D eigenvalue weighted by molar-refractivity contribution is -0.116. The SMILES string of the molecule is C=CCNC(=O)c1ccccc1NC(=O)CCCOc1ccc(C(C)=O)cc1. The minimum atomic E-state index is -0.270. The molecular weight excluding hydrogens is 356 g/mol.